The molecule has 2 N–H and O–H groups in total. The molecule has 23 heavy (non-hydrogen) atoms. The summed E-state index contributed by atoms with van der Waals surface area (Å²) in [7, 11) is 0. The number of hydrogen-bond acceptors (Lipinski definition) is 1. The molecule has 1 unspecified atom stereocenters. The van der Waals surface area contributed by atoms with E-state index >= 15 is 0 Å². The van der Waals surface area contributed by atoms with Gasteiger partial charge in [0, 0.05) is 34.1 Å². The Morgan fingerprint density at radius 2 is 1.96 bits per heavy atom. The van der Waals surface area contributed by atoms with Crippen molar-refractivity contribution < 1.29 is 4.79 Å². The monoisotopic (exact) mass is 344 g/mol. The van der Waals surface area contributed by atoms with Gasteiger partial charge in [0.15, 0.2) is 0 Å². The van der Waals surface area contributed by atoms with Crippen LogP contribution >= 0.6 is 23.2 Å². The van der Waals surface area contributed by atoms with Gasteiger partial charge in [-0.25, -0.2) is 0 Å². The van der Waals surface area contributed by atoms with Crippen molar-refractivity contribution >= 4 is 40.0 Å². The fraction of sp³-hybridized carbons (Fsp3) is 0.167. The molecule has 5 heteroatoms. The third-order valence-corrected chi connectivity index (χ3v) is 4.88. The first-order valence-corrected chi connectivity index (χ1v) is 8.22. The van der Waals surface area contributed by atoms with Crippen LogP contribution < -0.4 is 5.32 Å². The van der Waals surface area contributed by atoms with Crippen molar-refractivity contribution in [1.29, 1.82) is 0 Å². The molecule has 2 aromatic carbocycles. The Bertz CT molecular complexity index is 917. The lowest BCUT2D eigenvalue weighted by Crippen LogP contribution is -2.35. The zero-order valence-electron chi connectivity index (χ0n) is 12.2. The highest BCUT2D eigenvalue weighted by Crippen LogP contribution is 2.30. The lowest BCUT2D eigenvalue weighted by atomic mass is 10.1. The number of para-hydroxylation sites is 1. The molecule has 0 saturated heterocycles. The van der Waals surface area contributed by atoms with E-state index in [-0.39, 0.29) is 11.9 Å². The van der Waals surface area contributed by atoms with Crippen LogP contribution in [0.25, 0.3) is 10.9 Å². The molecule has 0 bridgehead atoms. The minimum absolute atomic E-state index is 0.0726. The second-order valence-electron chi connectivity index (χ2n) is 5.83. The summed E-state index contributed by atoms with van der Waals surface area (Å²) >= 11 is 12.1. The molecule has 1 aliphatic rings. The number of carbonyl (C=O) groups excluding carboxylic acids is 1. The Kier molecular flexibility index (Phi) is 3.55. The average Bonchev–Trinajstić information content (AvgIpc) is 3.06. The van der Waals surface area contributed by atoms with Crippen molar-refractivity contribution in [2.24, 2.45) is 0 Å². The summed E-state index contributed by atoms with van der Waals surface area (Å²) in [5.41, 5.74) is 4.07. The largest absolute Gasteiger partial charge is 0.358 e. The van der Waals surface area contributed by atoms with Gasteiger partial charge >= 0.3 is 0 Å². The third kappa shape index (κ3) is 2.60. The predicted octanol–water partition coefficient (Wildman–Crippen LogP) is 4.37. The van der Waals surface area contributed by atoms with Crippen molar-refractivity contribution in [1.82, 2.24) is 10.3 Å². The molecule has 116 valence electrons. The third-order valence-electron chi connectivity index (χ3n) is 4.31. The number of H-pyrrole nitrogens is 1. The number of fused-ring (bicyclic) bond motifs is 3. The van der Waals surface area contributed by atoms with Crippen molar-refractivity contribution in [3.63, 3.8) is 0 Å². The van der Waals surface area contributed by atoms with E-state index in [2.05, 4.69) is 22.4 Å². The summed E-state index contributed by atoms with van der Waals surface area (Å²) in [4.78, 5) is 15.9. The van der Waals surface area contributed by atoms with Crippen LogP contribution in [0.15, 0.2) is 42.5 Å². The summed E-state index contributed by atoms with van der Waals surface area (Å²) in [5, 5.41) is 5.21. The van der Waals surface area contributed by atoms with Crippen molar-refractivity contribution in [2.75, 3.05) is 0 Å². The number of hydrogen-bond donors (Lipinski definition) is 2. The van der Waals surface area contributed by atoms with Crippen LogP contribution in [0.1, 0.15) is 21.6 Å². The number of amides is 1. The predicted molar refractivity (Wildman–Crippen MR) is 93.4 cm³/mol. The second-order valence-corrected chi connectivity index (χ2v) is 6.67. The summed E-state index contributed by atoms with van der Waals surface area (Å²) < 4.78 is 0. The Labute approximate surface area is 143 Å². The molecule has 1 aromatic heterocycles. The zero-order chi connectivity index (χ0) is 16.0. The Hall–Kier alpha value is -1.97. The van der Waals surface area contributed by atoms with E-state index in [9.17, 15) is 4.79 Å². The normalized spacial score (nSPS) is 16.5. The first-order chi connectivity index (χ1) is 11.1. The van der Waals surface area contributed by atoms with Gasteiger partial charge in [-0.3, -0.25) is 4.79 Å². The number of aromatic nitrogens is 1. The van der Waals surface area contributed by atoms with Crippen LogP contribution in [0.5, 0.6) is 0 Å². The van der Waals surface area contributed by atoms with E-state index < -0.39 is 0 Å². The van der Waals surface area contributed by atoms with Crippen molar-refractivity contribution in [2.45, 2.75) is 18.9 Å². The Morgan fingerprint density at radius 1 is 1.13 bits per heavy atom. The van der Waals surface area contributed by atoms with Gasteiger partial charge in [-0.1, -0.05) is 41.4 Å². The van der Waals surface area contributed by atoms with Crippen LogP contribution in [0.2, 0.25) is 10.0 Å². The maximum absolute atomic E-state index is 12.4. The molecule has 1 atom stereocenters. The molecule has 0 spiro atoms. The van der Waals surface area contributed by atoms with E-state index in [1.165, 1.54) is 16.6 Å². The van der Waals surface area contributed by atoms with E-state index in [4.69, 9.17) is 23.2 Å². The van der Waals surface area contributed by atoms with Gasteiger partial charge in [-0.2, -0.15) is 0 Å². The number of aromatic amines is 1. The first kappa shape index (κ1) is 14.6. The first-order valence-electron chi connectivity index (χ1n) is 7.46. The smallest absolute Gasteiger partial charge is 0.253 e. The molecule has 0 aliphatic heterocycles. The fourth-order valence-electron chi connectivity index (χ4n) is 3.26. The molecule has 4 rings (SSSR count). The lowest BCUT2D eigenvalue weighted by molar-refractivity contribution is 0.0938. The standard InChI is InChI=1S/C18H14Cl2N2O/c19-10-5-6-15(20)14(7-10)18(23)21-11-8-13-12-3-1-2-4-16(12)22-17(13)9-11/h1-7,11,22H,8-9H2,(H,21,23). The molecule has 1 amide bonds. The Morgan fingerprint density at radius 3 is 2.83 bits per heavy atom. The van der Waals surface area contributed by atoms with Crippen LogP contribution in [-0.2, 0) is 12.8 Å². The molecule has 0 fully saturated rings. The van der Waals surface area contributed by atoms with E-state index in [1.807, 2.05) is 12.1 Å². The number of carbonyl (C=O) groups is 1. The quantitative estimate of drug-likeness (QED) is 0.712. The van der Waals surface area contributed by atoms with E-state index in [0.717, 1.165) is 18.4 Å². The number of nitrogens with one attached hydrogen (secondary N) is 2. The van der Waals surface area contributed by atoms with Gasteiger partial charge in [0.2, 0.25) is 0 Å². The summed E-state index contributed by atoms with van der Waals surface area (Å²) in [6.07, 6.45) is 1.62. The minimum atomic E-state index is -0.183. The van der Waals surface area contributed by atoms with Crippen molar-refractivity contribution in [3.05, 3.63) is 69.3 Å². The highest BCUT2D eigenvalue weighted by atomic mass is 35.5. The van der Waals surface area contributed by atoms with Crippen LogP contribution in [0, 0.1) is 0 Å². The molecule has 3 aromatic rings. The van der Waals surface area contributed by atoms with Crippen LogP contribution in [0.3, 0.4) is 0 Å². The van der Waals surface area contributed by atoms with Gasteiger partial charge in [0.25, 0.3) is 5.91 Å². The van der Waals surface area contributed by atoms with Gasteiger partial charge in [0.1, 0.15) is 0 Å². The second kappa shape index (κ2) is 5.59. The maximum atomic E-state index is 12.4. The zero-order valence-corrected chi connectivity index (χ0v) is 13.7. The molecular weight excluding hydrogens is 331 g/mol. The lowest BCUT2D eigenvalue weighted by Gasteiger charge is -2.13. The fourth-order valence-corrected chi connectivity index (χ4v) is 3.64. The summed E-state index contributed by atoms with van der Waals surface area (Å²) in [6, 6.07) is 13.2. The molecule has 1 heterocycles. The molecule has 0 radical (unpaired) electrons. The molecule has 0 saturated carbocycles. The highest BCUT2D eigenvalue weighted by molar-refractivity contribution is 6.35. The van der Waals surface area contributed by atoms with Gasteiger partial charge in [0.05, 0.1) is 10.6 Å². The Balaban J connectivity index is 1.54. The highest BCUT2D eigenvalue weighted by Gasteiger charge is 2.27. The van der Waals surface area contributed by atoms with Crippen LogP contribution in [0.4, 0.5) is 0 Å². The average molecular weight is 345 g/mol. The van der Waals surface area contributed by atoms with Gasteiger partial charge in [-0.15, -0.1) is 0 Å². The number of halogens is 2. The van der Waals surface area contributed by atoms with Gasteiger partial charge < -0.3 is 10.3 Å². The summed E-state index contributed by atoms with van der Waals surface area (Å²) in [5.74, 6) is -0.183. The number of rotatable bonds is 2. The molecule has 1 aliphatic carbocycles. The van der Waals surface area contributed by atoms with Crippen molar-refractivity contribution in [3.8, 4) is 0 Å². The van der Waals surface area contributed by atoms with E-state index in [0.29, 0.717) is 15.6 Å². The van der Waals surface area contributed by atoms with Crippen LogP contribution in [-0.4, -0.2) is 16.9 Å². The molecular formula is C18H14Cl2N2O. The topological polar surface area (TPSA) is 44.9 Å². The maximum Gasteiger partial charge on any atom is 0.253 e. The van der Waals surface area contributed by atoms with E-state index in [1.54, 1.807) is 18.2 Å². The SMILES string of the molecule is O=C(NC1Cc2[nH]c3ccccc3c2C1)c1cc(Cl)ccc1Cl. The summed E-state index contributed by atoms with van der Waals surface area (Å²) in [6.45, 7) is 0. The van der Waals surface area contributed by atoms with Gasteiger partial charge in [-0.05, 0) is 36.2 Å². The minimum Gasteiger partial charge on any atom is -0.358 e. The molecule has 3 nitrogen and oxygen atoms in total. The number of benzene rings is 2.